The Hall–Kier alpha value is -2.90. The molecule has 1 N–H and O–H groups in total. The molecule has 2 aliphatic rings. The molecule has 0 radical (unpaired) electrons. The van der Waals surface area contributed by atoms with Crippen molar-refractivity contribution in [2.75, 3.05) is 0 Å². The molecule has 1 fully saturated rings. The number of rotatable bonds is 1. The summed E-state index contributed by atoms with van der Waals surface area (Å²) in [5.74, 6) is -1.18. The van der Waals surface area contributed by atoms with Crippen molar-refractivity contribution in [2.45, 2.75) is 39.5 Å². The zero-order valence-corrected chi connectivity index (χ0v) is 14.7. The Labute approximate surface area is 148 Å². The summed E-state index contributed by atoms with van der Waals surface area (Å²) in [5.41, 5.74) is 3.51. The maximum Gasteiger partial charge on any atom is 0.189 e. The van der Waals surface area contributed by atoms with Crippen molar-refractivity contribution < 1.29 is 0 Å². The fourth-order valence-corrected chi connectivity index (χ4v) is 4.83. The highest BCUT2D eigenvalue weighted by molar-refractivity contribution is 6.01. The van der Waals surface area contributed by atoms with E-state index < -0.39 is 17.3 Å². The van der Waals surface area contributed by atoms with Gasteiger partial charge in [-0.1, -0.05) is 23.8 Å². The van der Waals surface area contributed by atoms with Crippen molar-refractivity contribution in [3.63, 3.8) is 0 Å². The Morgan fingerprint density at radius 1 is 1.08 bits per heavy atom. The average Bonchev–Trinajstić information content (AvgIpc) is 3.03. The molecular formula is C21H20N4. The number of aryl methyl sites for hydroxylation is 3. The van der Waals surface area contributed by atoms with Crippen LogP contribution in [0.2, 0.25) is 0 Å². The van der Waals surface area contributed by atoms with Crippen molar-refractivity contribution in [2.24, 2.45) is 17.3 Å². The molecule has 0 unspecified atom stereocenters. The number of fused-ring (bicyclic) bond motifs is 1. The second-order valence-electron chi connectivity index (χ2n) is 7.19. The van der Waals surface area contributed by atoms with Gasteiger partial charge in [0.25, 0.3) is 0 Å². The van der Waals surface area contributed by atoms with Crippen LogP contribution in [0, 0.1) is 77.4 Å². The Bertz CT molecular complexity index is 880. The number of benzene rings is 1. The van der Waals surface area contributed by atoms with Crippen LogP contribution in [0.4, 0.5) is 0 Å². The van der Waals surface area contributed by atoms with Crippen LogP contribution in [0.1, 0.15) is 41.0 Å². The minimum absolute atomic E-state index is 0.0295. The van der Waals surface area contributed by atoms with E-state index in [2.05, 4.69) is 30.3 Å². The molecule has 3 atom stereocenters. The Balaban J connectivity index is 2.33. The summed E-state index contributed by atoms with van der Waals surface area (Å²) < 4.78 is 0. The van der Waals surface area contributed by atoms with Gasteiger partial charge in [-0.3, -0.25) is 0 Å². The van der Waals surface area contributed by atoms with Gasteiger partial charge >= 0.3 is 0 Å². The number of nitriles is 3. The van der Waals surface area contributed by atoms with E-state index in [0.717, 1.165) is 40.7 Å². The van der Waals surface area contributed by atoms with Gasteiger partial charge in [0.15, 0.2) is 5.41 Å². The first-order valence-electron chi connectivity index (χ1n) is 8.50. The lowest BCUT2D eigenvalue weighted by Gasteiger charge is -2.43. The summed E-state index contributed by atoms with van der Waals surface area (Å²) in [6.45, 7) is 6.04. The molecule has 4 heteroatoms. The molecular weight excluding hydrogens is 308 g/mol. The number of nitrogens with zero attached hydrogens (tertiary/aromatic N) is 3. The summed E-state index contributed by atoms with van der Waals surface area (Å²) >= 11 is 0. The predicted octanol–water partition coefficient (Wildman–Crippen LogP) is 4.24. The molecule has 1 saturated carbocycles. The molecule has 4 nitrogen and oxygen atoms in total. The monoisotopic (exact) mass is 328 g/mol. The van der Waals surface area contributed by atoms with Gasteiger partial charge < -0.3 is 5.41 Å². The summed E-state index contributed by atoms with van der Waals surface area (Å²) in [6, 6.07) is 10.6. The van der Waals surface area contributed by atoms with Crippen LogP contribution in [0.15, 0.2) is 23.8 Å². The Morgan fingerprint density at radius 2 is 1.68 bits per heavy atom. The minimum atomic E-state index is -1.59. The molecule has 3 rings (SSSR count). The average molecular weight is 328 g/mol. The second kappa shape index (κ2) is 5.87. The molecule has 1 aromatic carbocycles. The molecule has 1 aromatic rings. The number of nitrogens with one attached hydrogen (secondary N) is 1. The summed E-state index contributed by atoms with van der Waals surface area (Å²) in [7, 11) is 0. The van der Waals surface area contributed by atoms with Gasteiger partial charge in [-0.05, 0) is 61.8 Å². The quantitative estimate of drug-likeness (QED) is 0.781. The van der Waals surface area contributed by atoms with Crippen molar-refractivity contribution in [1.29, 1.82) is 21.2 Å². The lowest BCUT2D eigenvalue weighted by Crippen LogP contribution is -2.47. The first kappa shape index (κ1) is 16.9. The first-order valence-corrected chi connectivity index (χ1v) is 8.50. The fraction of sp³-hybridized carbons (Fsp3) is 0.429. The van der Waals surface area contributed by atoms with Crippen LogP contribution >= 0.6 is 0 Å². The Kier molecular flexibility index (Phi) is 3.98. The SMILES string of the molecule is Cc1cc(C)c([C@@H]2[C@H]3CCC=C3[C@@H](C#N)C(=N)C2(C#N)C#N)c(C)c1. The van der Waals surface area contributed by atoms with Gasteiger partial charge in [0, 0.05) is 5.92 Å². The zero-order chi connectivity index (χ0) is 18.4. The summed E-state index contributed by atoms with van der Waals surface area (Å²) in [6.07, 6.45) is 3.69. The lowest BCUT2D eigenvalue weighted by molar-refractivity contribution is 0.352. The van der Waals surface area contributed by atoms with Gasteiger partial charge in [0.1, 0.15) is 5.92 Å². The number of allylic oxidation sites excluding steroid dienone is 2. The van der Waals surface area contributed by atoms with Gasteiger partial charge in [0.2, 0.25) is 0 Å². The number of hydrogen-bond donors (Lipinski definition) is 1. The first-order chi connectivity index (χ1) is 11.9. The van der Waals surface area contributed by atoms with Crippen LogP contribution in [0.5, 0.6) is 0 Å². The number of hydrogen-bond acceptors (Lipinski definition) is 4. The molecule has 0 bridgehead atoms. The van der Waals surface area contributed by atoms with E-state index in [1.165, 1.54) is 0 Å². The maximum absolute atomic E-state index is 9.97. The van der Waals surface area contributed by atoms with E-state index in [1.807, 2.05) is 26.8 Å². The molecule has 0 aliphatic heterocycles. The van der Waals surface area contributed by atoms with Crippen LogP contribution < -0.4 is 0 Å². The second-order valence-corrected chi connectivity index (χ2v) is 7.19. The van der Waals surface area contributed by atoms with E-state index >= 15 is 0 Å². The minimum Gasteiger partial charge on any atom is -0.305 e. The highest BCUT2D eigenvalue weighted by atomic mass is 14.7. The largest absolute Gasteiger partial charge is 0.305 e. The van der Waals surface area contributed by atoms with Crippen molar-refractivity contribution in [3.05, 3.63) is 46.0 Å². The third kappa shape index (κ3) is 2.20. The standard InChI is InChI=1S/C21H20N4/c1-12-7-13(2)18(14(3)8-12)19-16-6-4-5-15(16)17(9-22)20(25)21(19,10-23)11-24/h5,7-8,16-17,19,25H,4,6H2,1-3H3/t16-,17+,19-/m0/s1. The van der Waals surface area contributed by atoms with E-state index in [1.54, 1.807) is 0 Å². The van der Waals surface area contributed by atoms with Crippen LogP contribution in [0.3, 0.4) is 0 Å². The van der Waals surface area contributed by atoms with Crippen LogP contribution in [-0.2, 0) is 0 Å². The smallest absolute Gasteiger partial charge is 0.189 e. The van der Waals surface area contributed by atoms with E-state index in [9.17, 15) is 15.8 Å². The molecule has 0 aromatic heterocycles. The molecule has 0 saturated heterocycles. The van der Waals surface area contributed by atoms with Crippen molar-refractivity contribution in [1.82, 2.24) is 0 Å². The predicted molar refractivity (Wildman–Crippen MR) is 94.7 cm³/mol. The van der Waals surface area contributed by atoms with Gasteiger partial charge in [-0.2, -0.15) is 15.8 Å². The van der Waals surface area contributed by atoms with Gasteiger partial charge in [0.05, 0.1) is 23.9 Å². The van der Waals surface area contributed by atoms with E-state index in [0.29, 0.717) is 0 Å². The molecule has 124 valence electrons. The van der Waals surface area contributed by atoms with Crippen molar-refractivity contribution >= 4 is 5.71 Å². The summed E-state index contributed by atoms with van der Waals surface area (Å²) in [4.78, 5) is 0. The van der Waals surface area contributed by atoms with Crippen LogP contribution in [-0.4, -0.2) is 5.71 Å². The normalized spacial score (nSPS) is 26.8. The summed E-state index contributed by atoms with van der Waals surface area (Å²) in [5, 5.41) is 38.1. The molecule has 0 spiro atoms. The van der Waals surface area contributed by atoms with Gasteiger partial charge in [-0.15, -0.1) is 0 Å². The molecule has 0 amide bonds. The molecule has 0 heterocycles. The van der Waals surface area contributed by atoms with Crippen molar-refractivity contribution in [3.8, 4) is 18.2 Å². The molecule has 2 aliphatic carbocycles. The highest BCUT2D eigenvalue weighted by Gasteiger charge is 2.58. The lowest BCUT2D eigenvalue weighted by atomic mass is 9.54. The van der Waals surface area contributed by atoms with Crippen LogP contribution in [0.25, 0.3) is 0 Å². The Morgan fingerprint density at radius 3 is 2.20 bits per heavy atom. The zero-order valence-electron chi connectivity index (χ0n) is 14.7. The third-order valence-corrected chi connectivity index (χ3v) is 5.73. The fourth-order valence-electron chi connectivity index (χ4n) is 4.83. The highest BCUT2D eigenvalue weighted by Crippen LogP contribution is 2.56. The third-order valence-electron chi connectivity index (χ3n) is 5.73. The van der Waals surface area contributed by atoms with Gasteiger partial charge in [-0.25, -0.2) is 0 Å². The topological polar surface area (TPSA) is 95.2 Å². The maximum atomic E-state index is 9.97. The molecule has 25 heavy (non-hydrogen) atoms. The van der Waals surface area contributed by atoms with E-state index in [4.69, 9.17) is 5.41 Å². The van der Waals surface area contributed by atoms with E-state index in [-0.39, 0.29) is 11.6 Å².